The molecule has 0 radical (unpaired) electrons. The summed E-state index contributed by atoms with van der Waals surface area (Å²) in [6.45, 7) is 2.89. The molecule has 0 N–H and O–H groups in total. The van der Waals surface area contributed by atoms with E-state index < -0.39 is 15.8 Å². The number of benzene rings is 1. The molecule has 0 atom stereocenters. The lowest BCUT2D eigenvalue weighted by Gasteiger charge is -2.06. The van der Waals surface area contributed by atoms with Gasteiger partial charge >= 0.3 is 5.76 Å². The Hall–Kier alpha value is -2.39. The molecule has 0 aliphatic rings. The first-order valence-electron chi connectivity index (χ1n) is 6.35. The summed E-state index contributed by atoms with van der Waals surface area (Å²) < 4.78 is 35.5. The van der Waals surface area contributed by atoms with E-state index in [0.717, 1.165) is 0 Å². The smallest absolute Gasteiger partial charge is 0.360 e. The van der Waals surface area contributed by atoms with Crippen LogP contribution in [0.4, 0.5) is 0 Å². The Balaban J connectivity index is 2.30. The fourth-order valence-electron chi connectivity index (χ4n) is 2.19. The normalized spacial score (nSPS) is 11.8. The fraction of sp³-hybridized carbons (Fsp3) is 0.154. The highest BCUT2D eigenvalue weighted by Crippen LogP contribution is 2.26. The zero-order valence-corrected chi connectivity index (χ0v) is 13.6. The molecule has 8 nitrogen and oxygen atoms in total. The van der Waals surface area contributed by atoms with Crippen LogP contribution in [-0.2, 0) is 10.0 Å². The van der Waals surface area contributed by atoms with Crippen LogP contribution in [0.1, 0.15) is 11.5 Å². The van der Waals surface area contributed by atoms with Crippen molar-refractivity contribution in [2.24, 2.45) is 0 Å². The second kappa shape index (κ2) is 5.36. The van der Waals surface area contributed by atoms with E-state index in [1.54, 1.807) is 18.2 Å². The number of aromatic nitrogens is 3. The summed E-state index contributed by atoms with van der Waals surface area (Å²) in [6.07, 6.45) is 0. The molecule has 2 heterocycles. The standard InChI is InChI=1S/C13H10ClN3O5S/c1-7-11(8(2)21-15-7)23(19,20)17-12(16-22-13(17)18)9-4-3-5-10(14)6-9/h3-6H,1-2H3. The van der Waals surface area contributed by atoms with Crippen LogP contribution < -0.4 is 5.76 Å². The van der Waals surface area contributed by atoms with Crippen LogP contribution >= 0.6 is 11.6 Å². The summed E-state index contributed by atoms with van der Waals surface area (Å²) in [7, 11) is -4.29. The molecule has 120 valence electrons. The van der Waals surface area contributed by atoms with Crippen LogP contribution in [0, 0.1) is 13.8 Å². The van der Waals surface area contributed by atoms with E-state index in [9.17, 15) is 13.2 Å². The molecule has 0 aliphatic heterocycles. The Morgan fingerprint density at radius 1 is 1.17 bits per heavy atom. The first-order chi connectivity index (χ1) is 10.8. The minimum Gasteiger partial charge on any atom is -0.360 e. The van der Waals surface area contributed by atoms with Gasteiger partial charge in [-0.25, -0.2) is 13.2 Å². The quantitative estimate of drug-likeness (QED) is 0.706. The second-order valence-electron chi connectivity index (χ2n) is 4.71. The highest BCUT2D eigenvalue weighted by molar-refractivity contribution is 7.90. The van der Waals surface area contributed by atoms with E-state index in [1.807, 2.05) is 0 Å². The van der Waals surface area contributed by atoms with Crippen LogP contribution in [0.25, 0.3) is 11.4 Å². The number of hydrogen-bond donors (Lipinski definition) is 0. The zero-order valence-electron chi connectivity index (χ0n) is 12.0. The summed E-state index contributed by atoms with van der Waals surface area (Å²) in [5.74, 6) is -1.26. The Morgan fingerprint density at radius 2 is 1.91 bits per heavy atom. The summed E-state index contributed by atoms with van der Waals surface area (Å²) in [4.78, 5) is 11.7. The Morgan fingerprint density at radius 3 is 2.52 bits per heavy atom. The molecular formula is C13H10ClN3O5S. The molecule has 3 aromatic rings. The maximum absolute atomic E-state index is 12.8. The lowest BCUT2D eigenvalue weighted by Crippen LogP contribution is -2.25. The van der Waals surface area contributed by atoms with Crippen molar-refractivity contribution in [3.8, 4) is 11.4 Å². The molecule has 2 aromatic heterocycles. The van der Waals surface area contributed by atoms with Gasteiger partial charge in [0.2, 0.25) is 5.82 Å². The van der Waals surface area contributed by atoms with Gasteiger partial charge in [0, 0.05) is 10.6 Å². The highest BCUT2D eigenvalue weighted by atomic mass is 35.5. The maximum Gasteiger partial charge on any atom is 0.456 e. The molecule has 0 saturated carbocycles. The molecule has 1 aromatic carbocycles. The van der Waals surface area contributed by atoms with Gasteiger partial charge in [-0.1, -0.05) is 34.0 Å². The molecular weight excluding hydrogens is 346 g/mol. The third-order valence-electron chi connectivity index (χ3n) is 3.12. The summed E-state index contributed by atoms with van der Waals surface area (Å²) in [5.41, 5.74) is 0.450. The number of aryl methyl sites for hydroxylation is 2. The molecule has 0 saturated heterocycles. The molecule has 3 rings (SSSR count). The van der Waals surface area contributed by atoms with E-state index in [4.69, 9.17) is 16.1 Å². The molecule has 0 fully saturated rings. The van der Waals surface area contributed by atoms with E-state index in [-0.39, 0.29) is 22.2 Å². The predicted molar refractivity (Wildman–Crippen MR) is 79.8 cm³/mol. The molecule has 0 spiro atoms. The van der Waals surface area contributed by atoms with E-state index in [1.165, 1.54) is 19.9 Å². The number of hydrogen-bond acceptors (Lipinski definition) is 7. The Labute approximate surface area is 135 Å². The van der Waals surface area contributed by atoms with Crippen LogP contribution in [-0.4, -0.2) is 22.7 Å². The lowest BCUT2D eigenvalue weighted by molar-refractivity contribution is 0.384. The second-order valence-corrected chi connectivity index (χ2v) is 6.87. The third kappa shape index (κ3) is 2.47. The number of halogens is 1. The lowest BCUT2D eigenvalue weighted by atomic mass is 10.2. The van der Waals surface area contributed by atoms with Crippen molar-refractivity contribution in [1.82, 2.24) is 14.3 Å². The number of rotatable bonds is 3. The van der Waals surface area contributed by atoms with Crippen molar-refractivity contribution >= 4 is 21.6 Å². The topological polar surface area (TPSA) is 108 Å². The van der Waals surface area contributed by atoms with Gasteiger partial charge in [0.15, 0.2) is 10.7 Å². The maximum atomic E-state index is 12.8. The van der Waals surface area contributed by atoms with Crippen LogP contribution in [0.2, 0.25) is 5.02 Å². The van der Waals surface area contributed by atoms with Crippen molar-refractivity contribution in [3.05, 3.63) is 51.3 Å². The van der Waals surface area contributed by atoms with E-state index >= 15 is 0 Å². The zero-order chi connectivity index (χ0) is 16.8. The SMILES string of the molecule is Cc1noc(C)c1S(=O)(=O)n1c(-c2cccc(Cl)c2)noc1=O. The average Bonchev–Trinajstić information content (AvgIpc) is 3.02. The van der Waals surface area contributed by atoms with Gasteiger partial charge in [-0.15, -0.1) is 3.97 Å². The van der Waals surface area contributed by atoms with E-state index in [2.05, 4.69) is 14.8 Å². The van der Waals surface area contributed by atoms with Gasteiger partial charge in [-0.3, -0.25) is 4.52 Å². The van der Waals surface area contributed by atoms with Gasteiger partial charge in [0.05, 0.1) is 0 Å². The summed E-state index contributed by atoms with van der Waals surface area (Å²) in [6, 6.07) is 6.24. The minimum atomic E-state index is -4.29. The van der Waals surface area contributed by atoms with Crippen molar-refractivity contribution in [1.29, 1.82) is 0 Å². The van der Waals surface area contributed by atoms with Crippen molar-refractivity contribution in [3.63, 3.8) is 0 Å². The summed E-state index contributed by atoms with van der Waals surface area (Å²) >= 11 is 5.90. The molecule has 23 heavy (non-hydrogen) atoms. The first-order valence-corrected chi connectivity index (χ1v) is 8.17. The third-order valence-corrected chi connectivity index (χ3v) is 5.25. The van der Waals surface area contributed by atoms with Crippen LogP contribution in [0.3, 0.4) is 0 Å². The Kier molecular flexibility index (Phi) is 3.61. The van der Waals surface area contributed by atoms with Crippen LogP contribution in [0.5, 0.6) is 0 Å². The van der Waals surface area contributed by atoms with Gasteiger partial charge in [0.25, 0.3) is 10.0 Å². The average molecular weight is 356 g/mol. The minimum absolute atomic E-state index is 0.0626. The van der Waals surface area contributed by atoms with Gasteiger partial charge in [0.1, 0.15) is 5.69 Å². The molecule has 0 unspecified atom stereocenters. The fourth-order valence-corrected chi connectivity index (χ4v) is 3.97. The van der Waals surface area contributed by atoms with E-state index in [0.29, 0.717) is 14.6 Å². The van der Waals surface area contributed by atoms with Crippen molar-refractivity contribution in [2.45, 2.75) is 18.7 Å². The Bertz CT molecular complexity index is 1030. The molecule has 10 heteroatoms. The molecule has 0 aliphatic carbocycles. The monoisotopic (exact) mass is 355 g/mol. The van der Waals surface area contributed by atoms with Crippen molar-refractivity contribution < 1.29 is 17.5 Å². The van der Waals surface area contributed by atoms with Gasteiger partial charge in [-0.05, 0) is 26.0 Å². The predicted octanol–water partition coefficient (Wildman–Crippen LogP) is 2.00. The first kappa shape index (κ1) is 15.5. The molecule has 0 amide bonds. The van der Waals surface area contributed by atoms with Gasteiger partial charge in [-0.2, -0.15) is 0 Å². The van der Waals surface area contributed by atoms with Gasteiger partial charge < -0.3 is 4.52 Å². The summed E-state index contributed by atoms with van der Waals surface area (Å²) in [5, 5.41) is 7.51. The molecule has 0 bridgehead atoms. The highest BCUT2D eigenvalue weighted by Gasteiger charge is 2.32. The largest absolute Gasteiger partial charge is 0.456 e. The number of nitrogens with zero attached hydrogens (tertiary/aromatic N) is 3. The van der Waals surface area contributed by atoms with Crippen LogP contribution in [0.15, 0.2) is 43.0 Å². The van der Waals surface area contributed by atoms with Crippen molar-refractivity contribution in [2.75, 3.05) is 0 Å².